The van der Waals surface area contributed by atoms with E-state index in [0.29, 0.717) is 0 Å². The van der Waals surface area contributed by atoms with Crippen LogP contribution in [0.1, 0.15) is 30.6 Å². The highest BCUT2D eigenvalue weighted by molar-refractivity contribution is 9.10. The smallest absolute Gasteiger partial charge is 0.269 e. The molecule has 0 bridgehead atoms. The van der Waals surface area contributed by atoms with E-state index in [1.807, 2.05) is 13.8 Å². The van der Waals surface area contributed by atoms with Crippen molar-refractivity contribution in [1.29, 1.82) is 0 Å². The van der Waals surface area contributed by atoms with Crippen LogP contribution in [0.4, 0.5) is 5.69 Å². The van der Waals surface area contributed by atoms with Gasteiger partial charge in [0, 0.05) is 22.1 Å². The van der Waals surface area contributed by atoms with Crippen LogP contribution in [0.3, 0.4) is 0 Å². The minimum absolute atomic E-state index is 0.0986. The van der Waals surface area contributed by atoms with E-state index in [1.165, 1.54) is 30.3 Å². The van der Waals surface area contributed by atoms with E-state index in [0.717, 1.165) is 4.47 Å². The maximum Gasteiger partial charge on any atom is 0.269 e. The number of hydrogen-bond acceptors (Lipinski definition) is 4. The normalized spacial score (nSPS) is 11.1. The molecule has 2 aromatic carbocycles. The van der Waals surface area contributed by atoms with Crippen LogP contribution in [-0.2, 0) is 14.8 Å². The second kappa shape index (κ2) is 9.01. The SMILES string of the molecule is CC(C)CC(=O)NNC(=O)c1cccc(NS(=O)(=O)c2ccc(Br)cc2)c1. The number of amides is 2. The van der Waals surface area contributed by atoms with Gasteiger partial charge in [-0.1, -0.05) is 35.8 Å². The number of rotatable bonds is 6. The minimum Gasteiger partial charge on any atom is -0.280 e. The average molecular weight is 454 g/mol. The van der Waals surface area contributed by atoms with Crippen molar-refractivity contribution in [2.45, 2.75) is 25.2 Å². The maximum atomic E-state index is 12.4. The third-order valence-electron chi connectivity index (χ3n) is 3.41. The number of hydrogen-bond donors (Lipinski definition) is 3. The zero-order chi connectivity index (χ0) is 20.0. The van der Waals surface area contributed by atoms with Crippen LogP contribution in [0.15, 0.2) is 57.9 Å². The maximum absolute atomic E-state index is 12.4. The molecule has 0 saturated carbocycles. The molecule has 3 N–H and O–H groups in total. The molecule has 0 radical (unpaired) electrons. The van der Waals surface area contributed by atoms with Crippen molar-refractivity contribution in [1.82, 2.24) is 10.9 Å². The lowest BCUT2D eigenvalue weighted by molar-refractivity contribution is -0.122. The van der Waals surface area contributed by atoms with Crippen molar-refractivity contribution in [2.75, 3.05) is 4.72 Å². The van der Waals surface area contributed by atoms with Gasteiger partial charge in [-0.25, -0.2) is 8.42 Å². The van der Waals surface area contributed by atoms with Gasteiger partial charge in [0.2, 0.25) is 5.91 Å². The number of carbonyl (C=O) groups is 2. The van der Waals surface area contributed by atoms with Crippen molar-refractivity contribution in [2.24, 2.45) is 5.92 Å². The summed E-state index contributed by atoms with van der Waals surface area (Å²) in [6.45, 7) is 3.78. The Bertz CT molecular complexity index is 928. The van der Waals surface area contributed by atoms with Crippen molar-refractivity contribution < 1.29 is 18.0 Å². The van der Waals surface area contributed by atoms with Crippen molar-refractivity contribution in [3.05, 3.63) is 58.6 Å². The van der Waals surface area contributed by atoms with Gasteiger partial charge in [0.1, 0.15) is 0 Å². The number of nitrogens with one attached hydrogen (secondary N) is 3. The Kier molecular flexibility index (Phi) is 6.98. The number of carbonyl (C=O) groups excluding carboxylic acids is 2. The number of sulfonamides is 1. The Balaban J connectivity index is 2.07. The summed E-state index contributed by atoms with van der Waals surface area (Å²) in [6, 6.07) is 12.2. The molecule has 0 aromatic heterocycles. The predicted octanol–water partition coefficient (Wildman–Crippen LogP) is 3.06. The summed E-state index contributed by atoms with van der Waals surface area (Å²) in [4.78, 5) is 23.9. The number of benzene rings is 2. The molecule has 27 heavy (non-hydrogen) atoms. The van der Waals surface area contributed by atoms with Gasteiger partial charge in [-0.2, -0.15) is 0 Å². The van der Waals surface area contributed by atoms with Crippen LogP contribution >= 0.6 is 15.9 Å². The molecule has 9 heteroatoms. The predicted molar refractivity (Wildman–Crippen MR) is 106 cm³/mol. The first kappa shape index (κ1) is 20.9. The van der Waals surface area contributed by atoms with Crippen LogP contribution < -0.4 is 15.6 Å². The van der Waals surface area contributed by atoms with E-state index in [-0.39, 0.29) is 34.4 Å². The Labute approximate surface area is 166 Å². The third kappa shape index (κ3) is 6.37. The van der Waals surface area contributed by atoms with Gasteiger partial charge in [-0.15, -0.1) is 0 Å². The lowest BCUT2D eigenvalue weighted by Crippen LogP contribution is -2.42. The molecule has 2 amide bonds. The van der Waals surface area contributed by atoms with Crippen LogP contribution in [0.25, 0.3) is 0 Å². The summed E-state index contributed by atoms with van der Waals surface area (Å²) in [5, 5.41) is 0. The fourth-order valence-corrected chi connectivity index (χ4v) is 3.49. The first-order valence-electron chi connectivity index (χ1n) is 8.15. The first-order valence-corrected chi connectivity index (χ1v) is 10.4. The molecular weight excluding hydrogens is 434 g/mol. The highest BCUT2D eigenvalue weighted by Gasteiger charge is 2.15. The molecule has 0 aliphatic carbocycles. The van der Waals surface area contributed by atoms with E-state index in [2.05, 4.69) is 31.5 Å². The molecule has 0 heterocycles. The van der Waals surface area contributed by atoms with Gasteiger partial charge in [0.15, 0.2) is 0 Å². The molecule has 0 unspecified atom stereocenters. The Hall–Kier alpha value is -2.39. The summed E-state index contributed by atoms with van der Waals surface area (Å²) in [5.41, 5.74) is 5.08. The van der Waals surface area contributed by atoms with Gasteiger partial charge in [0.05, 0.1) is 4.90 Å². The summed E-state index contributed by atoms with van der Waals surface area (Å²) in [6.07, 6.45) is 0.285. The lowest BCUT2D eigenvalue weighted by atomic mass is 10.1. The monoisotopic (exact) mass is 453 g/mol. The second-order valence-electron chi connectivity index (χ2n) is 6.24. The number of hydrazine groups is 1. The highest BCUT2D eigenvalue weighted by atomic mass is 79.9. The van der Waals surface area contributed by atoms with E-state index in [1.54, 1.807) is 18.2 Å². The largest absolute Gasteiger partial charge is 0.280 e. The van der Waals surface area contributed by atoms with E-state index < -0.39 is 15.9 Å². The first-order chi connectivity index (χ1) is 12.7. The topological polar surface area (TPSA) is 104 Å². The molecule has 0 saturated heterocycles. The van der Waals surface area contributed by atoms with Gasteiger partial charge in [0.25, 0.3) is 15.9 Å². The zero-order valence-corrected chi connectivity index (χ0v) is 17.2. The lowest BCUT2D eigenvalue weighted by Gasteiger charge is -2.11. The molecule has 0 fully saturated rings. The minimum atomic E-state index is -3.78. The Morgan fingerprint density at radius 2 is 1.70 bits per heavy atom. The molecular formula is C18H20BrN3O4S. The van der Waals surface area contributed by atoms with E-state index in [9.17, 15) is 18.0 Å². The van der Waals surface area contributed by atoms with Crippen LogP contribution in [0, 0.1) is 5.92 Å². The number of anilines is 1. The molecule has 7 nitrogen and oxygen atoms in total. The van der Waals surface area contributed by atoms with Crippen molar-refractivity contribution in [3.8, 4) is 0 Å². The standard InChI is InChI=1S/C18H20BrN3O4S/c1-12(2)10-17(23)20-21-18(24)13-4-3-5-15(11-13)22-27(25,26)16-8-6-14(19)7-9-16/h3-9,11-12,22H,10H2,1-2H3,(H,20,23)(H,21,24). The molecule has 2 rings (SSSR count). The fourth-order valence-electron chi connectivity index (χ4n) is 2.17. The van der Waals surface area contributed by atoms with Crippen molar-refractivity contribution >= 4 is 43.5 Å². The van der Waals surface area contributed by atoms with E-state index in [4.69, 9.17) is 0 Å². The fraction of sp³-hybridized carbons (Fsp3) is 0.222. The van der Waals surface area contributed by atoms with Gasteiger partial charge in [-0.05, 0) is 48.4 Å². The molecule has 0 atom stereocenters. The average Bonchev–Trinajstić information content (AvgIpc) is 2.59. The zero-order valence-electron chi connectivity index (χ0n) is 14.8. The second-order valence-corrected chi connectivity index (χ2v) is 8.84. The quantitative estimate of drug-likeness (QED) is 0.584. The third-order valence-corrected chi connectivity index (χ3v) is 5.34. The van der Waals surface area contributed by atoms with Crippen LogP contribution in [-0.4, -0.2) is 20.2 Å². The Morgan fingerprint density at radius 3 is 2.33 bits per heavy atom. The van der Waals surface area contributed by atoms with Crippen LogP contribution in [0.2, 0.25) is 0 Å². The summed E-state index contributed by atoms with van der Waals surface area (Å²) < 4.78 is 28.0. The van der Waals surface area contributed by atoms with Gasteiger partial charge >= 0.3 is 0 Å². The molecule has 0 aliphatic rings. The molecule has 0 aliphatic heterocycles. The van der Waals surface area contributed by atoms with E-state index >= 15 is 0 Å². The number of halogens is 1. The van der Waals surface area contributed by atoms with Gasteiger partial charge < -0.3 is 0 Å². The summed E-state index contributed by atoms with van der Waals surface area (Å²) >= 11 is 3.25. The molecule has 0 spiro atoms. The molecule has 2 aromatic rings. The van der Waals surface area contributed by atoms with Crippen molar-refractivity contribution in [3.63, 3.8) is 0 Å². The molecule has 144 valence electrons. The highest BCUT2D eigenvalue weighted by Crippen LogP contribution is 2.19. The summed E-state index contributed by atoms with van der Waals surface area (Å²) in [7, 11) is -3.78. The summed E-state index contributed by atoms with van der Waals surface area (Å²) in [5.74, 6) is -0.680. The van der Waals surface area contributed by atoms with Crippen LogP contribution in [0.5, 0.6) is 0 Å². The Morgan fingerprint density at radius 1 is 1.04 bits per heavy atom. The van der Waals surface area contributed by atoms with Gasteiger partial charge in [-0.3, -0.25) is 25.2 Å².